The SMILES string of the molecule is CCOC(=O)C1(CNc2c(C#N)c(=O)n(C)c(=O)n2C)CCCC1. The van der Waals surface area contributed by atoms with Crippen molar-refractivity contribution >= 4 is 11.8 Å². The summed E-state index contributed by atoms with van der Waals surface area (Å²) in [5, 5.41) is 12.3. The van der Waals surface area contributed by atoms with Crippen molar-refractivity contribution in [3.8, 4) is 6.07 Å². The van der Waals surface area contributed by atoms with E-state index >= 15 is 0 Å². The summed E-state index contributed by atoms with van der Waals surface area (Å²) in [4.78, 5) is 36.5. The molecule has 1 heterocycles. The van der Waals surface area contributed by atoms with Gasteiger partial charge in [-0.1, -0.05) is 12.8 Å². The Labute approximate surface area is 139 Å². The van der Waals surface area contributed by atoms with E-state index in [1.807, 2.05) is 6.07 Å². The molecule has 8 nitrogen and oxygen atoms in total. The van der Waals surface area contributed by atoms with Gasteiger partial charge in [0.25, 0.3) is 5.56 Å². The van der Waals surface area contributed by atoms with Gasteiger partial charge in [-0.3, -0.25) is 18.7 Å². The molecule has 1 fully saturated rings. The molecule has 1 aliphatic carbocycles. The van der Waals surface area contributed by atoms with Crippen LogP contribution in [0.5, 0.6) is 0 Å². The van der Waals surface area contributed by atoms with Crippen LogP contribution < -0.4 is 16.6 Å². The van der Waals surface area contributed by atoms with Crippen LogP contribution in [0, 0.1) is 16.7 Å². The molecule has 24 heavy (non-hydrogen) atoms. The first-order valence-electron chi connectivity index (χ1n) is 7.99. The summed E-state index contributed by atoms with van der Waals surface area (Å²) in [6.45, 7) is 2.28. The maximum absolute atomic E-state index is 12.4. The average molecular weight is 334 g/mol. The van der Waals surface area contributed by atoms with Gasteiger partial charge < -0.3 is 10.1 Å². The Hall–Kier alpha value is -2.56. The normalized spacial score (nSPS) is 15.8. The predicted molar refractivity (Wildman–Crippen MR) is 87.7 cm³/mol. The largest absolute Gasteiger partial charge is 0.466 e. The van der Waals surface area contributed by atoms with Gasteiger partial charge in [0.2, 0.25) is 0 Å². The molecule has 1 N–H and O–H groups in total. The molecule has 0 aliphatic heterocycles. The molecule has 2 rings (SSSR count). The van der Waals surface area contributed by atoms with Crippen molar-refractivity contribution in [2.24, 2.45) is 19.5 Å². The average Bonchev–Trinajstić information content (AvgIpc) is 3.05. The van der Waals surface area contributed by atoms with Crippen molar-refractivity contribution in [3.05, 3.63) is 26.4 Å². The first-order valence-corrected chi connectivity index (χ1v) is 7.99. The first kappa shape index (κ1) is 17.8. The van der Waals surface area contributed by atoms with Crippen LogP contribution in [0.3, 0.4) is 0 Å². The number of anilines is 1. The maximum Gasteiger partial charge on any atom is 0.332 e. The predicted octanol–water partition coefficient (Wildman–Crippen LogP) is 0.491. The second kappa shape index (κ2) is 6.91. The minimum atomic E-state index is -0.681. The fourth-order valence-electron chi connectivity index (χ4n) is 3.19. The molecule has 1 aromatic rings. The molecular weight excluding hydrogens is 312 g/mol. The lowest BCUT2D eigenvalue weighted by molar-refractivity contribution is -0.154. The van der Waals surface area contributed by atoms with E-state index < -0.39 is 16.7 Å². The highest BCUT2D eigenvalue weighted by Gasteiger charge is 2.42. The van der Waals surface area contributed by atoms with Gasteiger partial charge in [-0.15, -0.1) is 0 Å². The maximum atomic E-state index is 12.4. The number of nitrogens with zero attached hydrogens (tertiary/aromatic N) is 3. The Kier molecular flexibility index (Phi) is 5.12. The van der Waals surface area contributed by atoms with E-state index in [9.17, 15) is 19.6 Å². The van der Waals surface area contributed by atoms with Crippen molar-refractivity contribution in [1.29, 1.82) is 5.26 Å². The quantitative estimate of drug-likeness (QED) is 0.786. The molecule has 8 heteroatoms. The van der Waals surface area contributed by atoms with Crippen molar-refractivity contribution in [1.82, 2.24) is 9.13 Å². The number of hydrogen-bond acceptors (Lipinski definition) is 6. The van der Waals surface area contributed by atoms with E-state index in [-0.39, 0.29) is 23.9 Å². The summed E-state index contributed by atoms with van der Waals surface area (Å²) in [6, 6.07) is 1.84. The molecule has 0 bridgehead atoms. The van der Waals surface area contributed by atoms with Gasteiger partial charge >= 0.3 is 11.7 Å². The van der Waals surface area contributed by atoms with Gasteiger partial charge in [-0.2, -0.15) is 5.26 Å². The van der Waals surface area contributed by atoms with Crippen molar-refractivity contribution < 1.29 is 9.53 Å². The summed E-state index contributed by atoms with van der Waals surface area (Å²) in [7, 11) is 2.81. The second-order valence-electron chi connectivity index (χ2n) is 6.10. The molecule has 0 atom stereocenters. The lowest BCUT2D eigenvalue weighted by Crippen LogP contribution is -2.42. The highest BCUT2D eigenvalue weighted by molar-refractivity contribution is 5.78. The highest BCUT2D eigenvalue weighted by Crippen LogP contribution is 2.39. The lowest BCUT2D eigenvalue weighted by Gasteiger charge is -2.27. The summed E-state index contributed by atoms with van der Waals surface area (Å²) in [5.41, 5.74) is -2.01. The minimum absolute atomic E-state index is 0.140. The smallest absolute Gasteiger partial charge is 0.332 e. The zero-order chi connectivity index (χ0) is 17.9. The van der Waals surface area contributed by atoms with Crippen molar-refractivity contribution in [2.75, 3.05) is 18.5 Å². The van der Waals surface area contributed by atoms with Crippen LogP contribution in [0.25, 0.3) is 0 Å². The molecule has 0 spiro atoms. The zero-order valence-corrected chi connectivity index (χ0v) is 14.2. The summed E-state index contributed by atoms with van der Waals surface area (Å²) < 4.78 is 7.30. The number of ether oxygens (including phenoxy) is 1. The van der Waals surface area contributed by atoms with Crippen LogP contribution >= 0.6 is 0 Å². The Morgan fingerprint density at radius 3 is 2.46 bits per heavy atom. The number of esters is 1. The van der Waals surface area contributed by atoms with Crippen molar-refractivity contribution in [2.45, 2.75) is 32.6 Å². The summed E-state index contributed by atoms with van der Waals surface area (Å²) in [5.74, 6) is -0.136. The highest BCUT2D eigenvalue weighted by atomic mass is 16.5. The molecule has 0 unspecified atom stereocenters. The zero-order valence-electron chi connectivity index (χ0n) is 14.2. The Morgan fingerprint density at radius 1 is 1.29 bits per heavy atom. The Morgan fingerprint density at radius 2 is 1.92 bits per heavy atom. The van der Waals surface area contributed by atoms with Gasteiger partial charge in [0.05, 0.1) is 12.0 Å². The van der Waals surface area contributed by atoms with Crippen LogP contribution in [-0.4, -0.2) is 28.3 Å². The third-order valence-corrected chi connectivity index (χ3v) is 4.64. The van der Waals surface area contributed by atoms with Gasteiger partial charge in [-0.05, 0) is 19.8 Å². The standard InChI is InChI=1S/C16H22N4O4/c1-4-24-14(22)16(7-5-6-8-16)10-18-12-11(9-17)13(21)20(3)15(23)19(12)2/h18H,4-8,10H2,1-3H3. The molecule has 1 saturated carbocycles. The fourth-order valence-corrected chi connectivity index (χ4v) is 3.19. The minimum Gasteiger partial charge on any atom is -0.466 e. The molecule has 1 aliphatic rings. The monoisotopic (exact) mass is 334 g/mol. The topological polar surface area (TPSA) is 106 Å². The van der Waals surface area contributed by atoms with Crippen molar-refractivity contribution in [3.63, 3.8) is 0 Å². The van der Waals surface area contributed by atoms with Gasteiger partial charge in [0, 0.05) is 20.6 Å². The number of aromatic nitrogens is 2. The molecule has 0 saturated heterocycles. The van der Waals surface area contributed by atoms with Crippen LogP contribution in [0.1, 0.15) is 38.2 Å². The van der Waals surface area contributed by atoms with E-state index in [4.69, 9.17) is 4.74 Å². The van der Waals surface area contributed by atoms with Crippen LogP contribution in [0.15, 0.2) is 9.59 Å². The van der Waals surface area contributed by atoms with Crippen LogP contribution in [0.4, 0.5) is 5.82 Å². The number of rotatable bonds is 5. The summed E-state index contributed by atoms with van der Waals surface area (Å²) in [6.07, 6.45) is 3.20. The third kappa shape index (κ3) is 2.94. The van der Waals surface area contributed by atoms with E-state index in [1.165, 1.54) is 18.7 Å². The van der Waals surface area contributed by atoms with E-state index in [2.05, 4.69) is 5.32 Å². The number of nitrogens with one attached hydrogen (secondary N) is 1. The lowest BCUT2D eigenvalue weighted by atomic mass is 9.86. The van der Waals surface area contributed by atoms with E-state index in [1.54, 1.807) is 6.92 Å². The number of carbonyl (C=O) groups is 1. The van der Waals surface area contributed by atoms with Crippen LogP contribution in [-0.2, 0) is 23.6 Å². The molecular formula is C16H22N4O4. The van der Waals surface area contributed by atoms with Gasteiger partial charge in [0.1, 0.15) is 11.9 Å². The van der Waals surface area contributed by atoms with E-state index in [0.717, 1.165) is 17.4 Å². The van der Waals surface area contributed by atoms with Gasteiger partial charge in [-0.25, -0.2) is 4.79 Å². The molecule has 0 radical (unpaired) electrons. The Balaban J connectivity index is 2.38. The number of nitriles is 1. The van der Waals surface area contributed by atoms with Gasteiger partial charge in [0.15, 0.2) is 5.56 Å². The third-order valence-electron chi connectivity index (χ3n) is 4.64. The molecule has 130 valence electrons. The first-order chi connectivity index (χ1) is 11.4. The number of hydrogen-bond donors (Lipinski definition) is 1. The molecule has 0 amide bonds. The second-order valence-corrected chi connectivity index (χ2v) is 6.10. The molecule has 1 aromatic heterocycles. The Bertz CT molecular complexity index is 794. The van der Waals surface area contributed by atoms with Crippen LogP contribution in [0.2, 0.25) is 0 Å². The summed E-state index contributed by atoms with van der Waals surface area (Å²) >= 11 is 0. The number of carbonyl (C=O) groups excluding carboxylic acids is 1. The fraction of sp³-hybridized carbons (Fsp3) is 0.625. The molecule has 0 aromatic carbocycles. The van der Waals surface area contributed by atoms with E-state index in [0.29, 0.717) is 19.4 Å².